The molecule has 0 aliphatic carbocycles. The van der Waals surface area contributed by atoms with Crippen molar-refractivity contribution in [2.75, 3.05) is 0 Å². The van der Waals surface area contributed by atoms with Crippen LogP contribution in [0.15, 0.2) is 18.2 Å². The van der Waals surface area contributed by atoms with Crippen LogP contribution in [-0.4, -0.2) is 9.55 Å². The molecule has 0 fully saturated rings. The first kappa shape index (κ1) is 13.4. The van der Waals surface area contributed by atoms with Crippen LogP contribution in [0.2, 0.25) is 5.02 Å². The fraction of sp³-hybridized carbons (Fsp3) is 0.500. The molecular weight excluding hydrogens is 246 g/mol. The van der Waals surface area contributed by atoms with Crippen LogP contribution < -0.4 is 5.73 Å². The summed E-state index contributed by atoms with van der Waals surface area (Å²) in [6.45, 7) is 6.40. The highest BCUT2D eigenvalue weighted by Crippen LogP contribution is 2.30. The molecule has 0 amide bonds. The summed E-state index contributed by atoms with van der Waals surface area (Å²) in [5.41, 5.74) is 8.16. The SMILES string of the molecule is CCCC(N)c1nc2cccc(Cl)c2n1C(C)C. The van der Waals surface area contributed by atoms with Gasteiger partial charge in [-0.15, -0.1) is 0 Å². The topological polar surface area (TPSA) is 43.8 Å². The van der Waals surface area contributed by atoms with E-state index in [1.165, 1.54) is 0 Å². The van der Waals surface area contributed by atoms with Crippen molar-refractivity contribution in [3.8, 4) is 0 Å². The molecule has 2 N–H and O–H groups in total. The molecule has 2 rings (SSSR count). The Hall–Kier alpha value is -1.06. The molecule has 18 heavy (non-hydrogen) atoms. The molecule has 4 heteroatoms. The van der Waals surface area contributed by atoms with E-state index in [4.69, 9.17) is 17.3 Å². The van der Waals surface area contributed by atoms with Crippen LogP contribution in [0.3, 0.4) is 0 Å². The van der Waals surface area contributed by atoms with Crippen molar-refractivity contribution in [3.05, 3.63) is 29.0 Å². The highest BCUT2D eigenvalue weighted by atomic mass is 35.5. The molecule has 0 bridgehead atoms. The lowest BCUT2D eigenvalue weighted by atomic mass is 10.1. The molecule has 1 unspecified atom stereocenters. The number of nitrogens with two attached hydrogens (primary N) is 1. The lowest BCUT2D eigenvalue weighted by Gasteiger charge is -2.17. The smallest absolute Gasteiger partial charge is 0.127 e. The van der Waals surface area contributed by atoms with E-state index >= 15 is 0 Å². The van der Waals surface area contributed by atoms with Gasteiger partial charge in [0, 0.05) is 6.04 Å². The van der Waals surface area contributed by atoms with E-state index in [-0.39, 0.29) is 6.04 Å². The Labute approximate surface area is 113 Å². The number of rotatable bonds is 4. The van der Waals surface area contributed by atoms with E-state index < -0.39 is 0 Å². The normalized spacial score (nSPS) is 13.4. The van der Waals surface area contributed by atoms with Crippen molar-refractivity contribution in [2.24, 2.45) is 5.73 Å². The fourth-order valence-electron chi connectivity index (χ4n) is 2.35. The second-order valence-corrected chi connectivity index (χ2v) is 5.34. The summed E-state index contributed by atoms with van der Waals surface area (Å²) in [6.07, 6.45) is 1.99. The van der Waals surface area contributed by atoms with Gasteiger partial charge in [0.2, 0.25) is 0 Å². The van der Waals surface area contributed by atoms with Gasteiger partial charge in [0.15, 0.2) is 0 Å². The highest BCUT2D eigenvalue weighted by Gasteiger charge is 2.19. The first-order valence-electron chi connectivity index (χ1n) is 6.48. The molecule has 0 spiro atoms. The maximum atomic E-state index is 6.30. The zero-order valence-corrected chi connectivity index (χ0v) is 11.9. The van der Waals surface area contributed by atoms with Crippen molar-refractivity contribution in [1.82, 2.24) is 9.55 Å². The Morgan fingerprint density at radius 2 is 2.11 bits per heavy atom. The molecule has 1 atom stereocenters. The van der Waals surface area contributed by atoms with Crippen molar-refractivity contribution in [3.63, 3.8) is 0 Å². The molecule has 0 radical (unpaired) electrons. The summed E-state index contributed by atoms with van der Waals surface area (Å²) in [7, 11) is 0. The first-order valence-corrected chi connectivity index (χ1v) is 6.86. The van der Waals surface area contributed by atoms with Gasteiger partial charge in [0.1, 0.15) is 5.82 Å². The van der Waals surface area contributed by atoms with Crippen LogP contribution in [0.25, 0.3) is 11.0 Å². The lowest BCUT2D eigenvalue weighted by Crippen LogP contribution is -2.17. The maximum absolute atomic E-state index is 6.30. The van der Waals surface area contributed by atoms with Crippen LogP contribution in [0, 0.1) is 0 Å². The van der Waals surface area contributed by atoms with Gasteiger partial charge in [-0.2, -0.15) is 0 Å². The Balaban J connectivity index is 2.66. The minimum atomic E-state index is -0.0270. The monoisotopic (exact) mass is 265 g/mol. The van der Waals surface area contributed by atoms with Gasteiger partial charge in [-0.3, -0.25) is 0 Å². The number of para-hydroxylation sites is 1. The molecular formula is C14H20ClN3. The number of hydrogen-bond acceptors (Lipinski definition) is 2. The van der Waals surface area contributed by atoms with Crippen molar-refractivity contribution >= 4 is 22.6 Å². The number of fused-ring (bicyclic) bond motifs is 1. The van der Waals surface area contributed by atoms with Crippen LogP contribution in [0.4, 0.5) is 0 Å². The predicted molar refractivity (Wildman–Crippen MR) is 77.0 cm³/mol. The second kappa shape index (κ2) is 5.29. The number of imidazole rings is 1. The third-order valence-corrected chi connectivity index (χ3v) is 3.44. The predicted octanol–water partition coefficient (Wildman–Crippen LogP) is 4.07. The summed E-state index contributed by atoms with van der Waals surface area (Å²) < 4.78 is 2.16. The summed E-state index contributed by atoms with van der Waals surface area (Å²) in [5.74, 6) is 0.940. The zero-order chi connectivity index (χ0) is 13.3. The van der Waals surface area contributed by atoms with E-state index in [9.17, 15) is 0 Å². The molecule has 0 aliphatic heterocycles. The van der Waals surface area contributed by atoms with Gasteiger partial charge in [0.05, 0.1) is 22.1 Å². The van der Waals surface area contributed by atoms with Gasteiger partial charge in [-0.1, -0.05) is 31.0 Å². The van der Waals surface area contributed by atoms with E-state index in [0.29, 0.717) is 6.04 Å². The molecule has 0 saturated carbocycles. The number of hydrogen-bond donors (Lipinski definition) is 1. The number of aromatic nitrogens is 2. The average Bonchev–Trinajstić information content (AvgIpc) is 2.70. The largest absolute Gasteiger partial charge is 0.323 e. The Kier molecular flexibility index (Phi) is 3.93. The van der Waals surface area contributed by atoms with Crippen molar-refractivity contribution < 1.29 is 0 Å². The Morgan fingerprint density at radius 1 is 1.39 bits per heavy atom. The van der Waals surface area contributed by atoms with Crippen LogP contribution in [-0.2, 0) is 0 Å². The van der Waals surface area contributed by atoms with E-state index in [1.54, 1.807) is 0 Å². The Morgan fingerprint density at radius 3 is 2.72 bits per heavy atom. The molecule has 98 valence electrons. The summed E-state index contributed by atoms with van der Waals surface area (Å²) in [4.78, 5) is 4.67. The molecule has 3 nitrogen and oxygen atoms in total. The van der Waals surface area contributed by atoms with Crippen molar-refractivity contribution in [2.45, 2.75) is 45.7 Å². The fourth-order valence-corrected chi connectivity index (χ4v) is 2.61. The van der Waals surface area contributed by atoms with E-state index in [0.717, 1.165) is 34.7 Å². The second-order valence-electron chi connectivity index (χ2n) is 4.94. The molecule has 0 saturated heterocycles. The van der Waals surface area contributed by atoms with E-state index in [2.05, 4.69) is 30.3 Å². The van der Waals surface area contributed by atoms with Gasteiger partial charge < -0.3 is 10.3 Å². The number of benzene rings is 1. The minimum absolute atomic E-state index is 0.0270. The quantitative estimate of drug-likeness (QED) is 0.906. The molecule has 1 heterocycles. The molecule has 1 aromatic heterocycles. The minimum Gasteiger partial charge on any atom is -0.323 e. The first-order chi connectivity index (χ1) is 8.56. The highest BCUT2D eigenvalue weighted by molar-refractivity contribution is 6.35. The Bertz CT molecular complexity index is 545. The van der Waals surface area contributed by atoms with Gasteiger partial charge >= 0.3 is 0 Å². The third kappa shape index (κ3) is 2.25. The summed E-state index contributed by atoms with van der Waals surface area (Å²) in [6, 6.07) is 6.09. The third-order valence-electron chi connectivity index (χ3n) is 3.14. The van der Waals surface area contributed by atoms with E-state index in [1.807, 2.05) is 18.2 Å². The average molecular weight is 266 g/mol. The zero-order valence-electron chi connectivity index (χ0n) is 11.2. The van der Waals surface area contributed by atoms with Crippen LogP contribution >= 0.6 is 11.6 Å². The van der Waals surface area contributed by atoms with Gasteiger partial charge in [-0.25, -0.2) is 4.98 Å². The molecule has 2 aromatic rings. The van der Waals surface area contributed by atoms with Crippen LogP contribution in [0.5, 0.6) is 0 Å². The molecule has 1 aromatic carbocycles. The lowest BCUT2D eigenvalue weighted by molar-refractivity contribution is 0.520. The van der Waals surface area contributed by atoms with Crippen molar-refractivity contribution in [1.29, 1.82) is 0 Å². The van der Waals surface area contributed by atoms with Gasteiger partial charge in [0.25, 0.3) is 0 Å². The van der Waals surface area contributed by atoms with Crippen LogP contribution in [0.1, 0.15) is 51.5 Å². The standard InChI is InChI=1S/C14H20ClN3/c1-4-6-11(16)14-17-12-8-5-7-10(15)13(12)18(14)9(2)3/h5,7-9,11H,4,6,16H2,1-3H3. The number of halogens is 1. The van der Waals surface area contributed by atoms with Gasteiger partial charge in [-0.05, 0) is 32.4 Å². The number of nitrogens with zero attached hydrogens (tertiary/aromatic N) is 2. The molecule has 0 aliphatic rings. The summed E-state index contributed by atoms with van der Waals surface area (Å²) in [5, 5.41) is 0.739. The summed E-state index contributed by atoms with van der Waals surface area (Å²) >= 11 is 6.30. The maximum Gasteiger partial charge on any atom is 0.127 e.